The number of rotatable bonds is 29. The molecule has 0 aliphatic carbocycles. The van der Waals surface area contributed by atoms with Gasteiger partial charge in [-0.25, -0.2) is 41.3 Å². The molecule has 0 saturated carbocycles. The third-order valence-electron chi connectivity index (χ3n) is 13.9. The molecule has 0 aliphatic heterocycles. The minimum Gasteiger partial charge on any atom is -0.492 e. The number of hydrogen-bond donors (Lipinski definition) is 3. The Morgan fingerprint density at radius 3 is 1.40 bits per heavy atom. The summed E-state index contributed by atoms with van der Waals surface area (Å²) in [6.45, 7) is 18.5. The fourth-order valence-electron chi connectivity index (χ4n) is 9.12. The zero-order valence-electron chi connectivity index (χ0n) is 51.8. The molecular formula is C65H83ClF6N12O3. The van der Waals surface area contributed by atoms with E-state index < -0.39 is 17.8 Å². The SMILES string of the molecule is CCCCN(C)Cc1cn[nH]c1-c1cc(OCCC(C)C)c(Cl)c(C(C)(F)F)c1.CCCCN(C)Cc1cn[nH]c1-c1cc(Oc2ccccn2)cc(C(C)(F)F)c1.CCCCN(C)Cc1cn[nH]c1-c1cc(Oc2cncnc2)cc(C(C)(F)F)c1. The fraction of sp³-hybridized carbons (Fsp3) is 0.446. The first-order valence-electron chi connectivity index (χ1n) is 29.4. The minimum absolute atomic E-state index is 0.0360. The van der Waals surface area contributed by atoms with E-state index in [1.54, 1.807) is 61.2 Å². The van der Waals surface area contributed by atoms with Crippen LogP contribution in [0.1, 0.15) is 134 Å². The summed E-state index contributed by atoms with van der Waals surface area (Å²) in [5.74, 6) is -7.07. The zero-order valence-corrected chi connectivity index (χ0v) is 52.5. The molecule has 0 saturated heterocycles. The average Bonchev–Trinajstić information content (AvgIpc) is 3.60. The third kappa shape index (κ3) is 21.5. The van der Waals surface area contributed by atoms with Crippen molar-refractivity contribution in [3.63, 3.8) is 0 Å². The van der Waals surface area contributed by atoms with Crippen LogP contribution >= 0.6 is 11.6 Å². The Balaban J connectivity index is 0.000000208. The van der Waals surface area contributed by atoms with E-state index in [9.17, 15) is 26.3 Å². The number of H-pyrrole nitrogens is 3. The van der Waals surface area contributed by atoms with Crippen LogP contribution in [0.25, 0.3) is 33.8 Å². The Morgan fingerprint density at radius 1 is 0.552 bits per heavy atom. The molecule has 8 aromatic rings. The predicted molar refractivity (Wildman–Crippen MR) is 331 cm³/mol. The lowest BCUT2D eigenvalue weighted by atomic mass is 10.0. The number of halogens is 7. The van der Waals surface area contributed by atoms with Gasteiger partial charge in [0.2, 0.25) is 5.88 Å². The largest absolute Gasteiger partial charge is 0.492 e. The summed E-state index contributed by atoms with van der Waals surface area (Å²) in [7, 11) is 6.12. The Hall–Kier alpha value is -7.33. The van der Waals surface area contributed by atoms with Crippen LogP contribution in [-0.2, 0) is 37.4 Å². The second-order valence-corrected chi connectivity index (χ2v) is 22.9. The lowest BCUT2D eigenvalue weighted by molar-refractivity contribution is 0.0167. The second kappa shape index (κ2) is 32.6. The number of aromatic nitrogens is 9. The summed E-state index contributed by atoms with van der Waals surface area (Å²) < 4.78 is 102. The first kappa shape index (κ1) is 68.8. The summed E-state index contributed by atoms with van der Waals surface area (Å²) >= 11 is 6.28. The molecule has 8 rings (SSSR count). The van der Waals surface area contributed by atoms with Gasteiger partial charge in [-0.05, 0) is 127 Å². The Morgan fingerprint density at radius 2 is 1.00 bits per heavy atom. The van der Waals surface area contributed by atoms with Crippen LogP contribution in [-0.4, -0.2) is 108 Å². The summed E-state index contributed by atoms with van der Waals surface area (Å²) in [6, 6.07) is 17.5. The highest BCUT2D eigenvalue weighted by atomic mass is 35.5. The van der Waals surface area contributed by atoms with E-state index >= 15 is 0 Å². The van der Waals surface area contributed by atoms with Crippen molar-refractivity contribution in [1.29, 1.82) is 0 Å². The Labute approximate surface area is 512 Å². The summed E-state index contributed by atoms with van der Waals surface area (Å²) in [5.41, 5.74) is 6.25. The summed E-state index contributed by atoms with van der Waals surface area (Å²) in [6.07, 6.45) is 18.6. The monoisotopic (exact) mass is 1230 g/mol. The van der Waals surface area contributed by atoms with Gasteiger partial charge in [0.25, 0.3) is 17.8 Å². The molecule has 15 nitrogen and oxygen atoms in total. The van der Waals surface area contributed by atoms with Crippen molar-refractivity contribution in [2.75, 3.05) is 47.4 Å². The molecule has 0 unspecified atom stereocenters. The van der Waals surface area contributed by atoms with Gasteiger partial charge in [-0.3, -0.25) is 15.3 Å². The van der Waals surface area contributed by atoms with Crippen LogP contribution in [0, 0.1) is 5.92 Å². The molecule has 0 radical (unpaired) electrons. The molecule has 22 heteroatoms. The highest BCUT2D eigenvalue weighted by molar-refractivity contribution is 6.33. The molecule has 5 aromatic heterocycles. The first-order valence-corrected chi connectivity index (χ1v) is 29.8. The number of benzene rings is 3. The number of nitrogens with zero attached hydrogens (tertiary/aromatic N) is 9. The number of hydrogen-bond acceptors (Lipinski definition) is 12. The molecule has 0 amide bonds. The summed E-state index contributed by atoms with van der Waals surface area (Å²) in [4.78, 5) is 18.5. The van der Waals surface area contributed by atoms with Crippen molar-refractivity contribution in [2.45, 2.75) is 138 Å². The zero-order chi connectivity index (χ0) is 63.3. The van der Waals surface area contributed by atoms with Crippen molar-refractivity contribution < 1.29 is 40.6 Å². The fourth-order valence-corrected chi connectivity index (χ4v) is 9.45. The van der Waals surface area contributed by atoms with E-state index in [-0.39, 0.29) is 33.2 Å². The molecule has 0 spiro atoms. The predicted octanol–water partition coefficient (Wildman–Crippen LogP) is 17.1. The van der Waals surface area contributed by atoms with E-state index in [2.05, 4.69) is 94.9 Å². The van der Waals surface area contributed by atoms with Crippen molar-refractivity contribution in [3.8, 4) is 62.7 Å². The molecule has 470 valence electrons. The van der Waals surface area contributed by atoms with Crippen LogP contribution < -0.4 is 14.2 Å². The number of unbranched alkanes of at least 4 members (excludes halogenated alkanes) is 3. The number of pyridine rings is 1. The van der Waals surface area contributed by atoms with E-state index in [1.807, 2.05) is 21.1 Å². The van der Waals surface area contributed by atoms with Crippen molar-refractivity contribution in [1.82, 2.24) is 60.2 Å². The Kier molecular flexibility index (Phi) is 25.8. The Bertz CT molecular complexity index is 3180. The van der Waals surface area contributed by atoms with Gasteiger partial charge in [-0.15, -0.1) is 0 Å². The van der Waals surface area contributed by atoms with Gasteiger partial charge in [-0.1, -0.05) is 71.5 Å². The van der Waals surface area contributed by atoms with Gasteiger partial charge in [0.15, 0.2) is 5.75 Å². The number of alkyl halides is 6. The number of aromatic amines is 3. The van der Waals surface area contributed by atoms with Gasteiger partial charge >= 0.3 is 0 Å². The van der Waals surface area contributed by atoms with Gasteiger partial charge in [0.05, 0.1) is 59.7 Å². The molecule has 3 N–H and O–H groups in total. The van der Waals surface area contributed by atoms with Crippen LogP contribution in [0.5, 0.6) is 28.9 Å². The van der Waals surface area contributed by atoms with Gasteiger partial charge in [0.1, 0.15) is 23.6 Å². The molecule has 0 fully saturated rings. The maximum Gasteiger partial charge on any atom is 0.272 e. The summed E-state index contributed by atoms with van der Waals surface area (Å²) in [5, 5.41) is 21.3. The number of nitrogens with one attached hydrogen (secondary N) is 3. The smallest absolute Gasteiger partial charge is 0.272 e. The van der Waals surface area contributed by atoms with Crippen LogP contribution in [0.15, 0.2) is 110 Å². The van der Waals surface area contributed by atoms with E-state index in [4.69, 9.17) is 25.8 Å². The first-order chi connectivity index (χ1) is 41.4. The molecule has 87 heavy (non-hydrogen) atoms. The van der Waals surface area contributed by atoms with E-state index in [0.29, 0.717) is 83.3 Å². The average molecular weight is 1230 g/mol. The highest BCUT2D eigenvalue weighted by Gasteiger charge is 2.32. The van der Waals surface area contributed by atoms with Crippen molar-refractivity contribution in [3.05, 3.63) is 149 Å². The van der Waals surface area contributed by atoms with Gasteiger partial charge < -0.3 is 28.9 Å². The molecule has 0 aliphatic rings. The standard InChI is InChI=1S/C22H32ClF2N3O.C22H26F2N4O.C21H25F2N5O/c1-6-7-9-28(5)14-17-13-26-27-21(17)16-11-18(22(4,24)25)20(23)19(12-16)29-10-8-15(2)3;1-4-5-10-28(3)15-17-14-26-27-21(17)16-11-18(22(2,23)24)13-19(12-16)29-20-8-6-7-9-25-20;1-4-5-6-28(3)13-16-10-26-27-20(16)15-7-17(21(2,22)23)9-18(8-15)29-19-11-24-14-25-12-19/h11-13,15H,6-10,14H2,1-5H3,(H,26,27);6-9,11-14H,4-5,10,15H2,1-3H3,(H,26,27);7-12,14H,4-6,13H2,1-3H3,(H,26,27). The maximum absolute atomic E-state index is 14.2. The molecule has 5 heterocycles. The maximum atomic E-state index is 14.2. The van der Waals surface area contributed by atoms with Crippen molar-refractivity contribution >= 4 is 11.6 Å². The topological polar surface area (TPSA) is 162 Å². The highest BCUT2D eigenvalue weighted by Crippen LogP contribution is 2.43. The minimum atomic E-state index is -3.08. The van der Waals surface area contributed by atoms with E-state index in [1.165, 1.54) is 49.1 Å². The quantitative estimate of drug-likeness (QED) is 0.0381. The van der Waals surface area contributed by atoms with Crippen molar-refractivity contribution in [2.24, 2.45) is 5.92 Å². The molecule has 0 bridgehead atoms. The van der Waals surface area contributed by atoms with Crippen LogP contribution in [0.4, 0.5) is 26.3 Å². The molecule has 0 atom stereocenters. The van der Waals surface area contributed by atoms with Crippen LogP contribution in [0.2, 0.25) is 5.02 Å². The van der Waals surface area contributed by atoms with Crippen LogP contribution in [0.3, 0.4) is 0 Å². The third-order valence-corrected chi connectivity index (χ3v) is 14.3. The normalized spacial score (nSPS) is 11.9. The molecule has 3 aromatic carbocycles. The van der Waals surface area contributed by atoms with Gasteiger partial charge in [0, 0.05) is 103 Å². The lowest BCUT2D eigenvalue weighted by Gasteiger charge is -2.19. The lowest BCUT2D eigenvalue weighted by Crippen LogP contribution is -2.19. The second-order valence-electron chi connectivity index (χ2n) is 22.6. The number of ether oxygens (including phenoxy) is 3. The molecular weight excluding hydrogens is 1150 g/mol. The van der Waals surface area contributed by atoms with E-state index in [0.717, 1.165) is 102 Å². The van der Waals surface area contributed by atoms with Gasteiger partial charge in [-0.2, -0.15) is 15.3 Å².